The lowest BCUT2D eigenvalue weighted by Gasteiger charge is -2.25. The molecule has 1 aromatic carbocycles. The maximum Gasteiger partial charge on any atom is 0.255 e. The molecular weight excluding hydrogens is 390 g/mol. The highest BCUT2D eigenvalue weighted by Crippen LogP contribution is 2.46. The summed E-state index contributed by atoms with van der Waals surface area (Å²) in [4.78, 5) is 17.7. The number of benzene rings is 1. The number of nitrogens with zero attached hydrogens (tertiary/aromatic N) is 3. The fraction of sp³-hybridized carbons (Fsp3) is 0.458. The molecule has 1 amide bonds. The molecule has 2 aliphatic carbocycles. The van der Waals surface area contributed by atoms with Gasteiger partial charge >= 0.3 is 0 Å². The average Bonchev–Trinajstić information content (AvgIpc) is 3.53. The molecule has 2 heterocycles. The summed E-state index contributed by atoms with van der Waals surface area (Å²) >= 11 is 0. The van der Waals surface area contributed by atoms with E-state index in [1.807, 2.05) is 42.1 Å². The Morgan fingerprint density at radius 2 is 2.03 bits per heavy atom. The SMILES string of the molecule is CCn1ncc2c(N[C@@H]3C[C@@H]4CC[C@@H]3C4)c(C(=O)NCc3ccc(OC)cc3)cnc21. The van der Waals surface area contributed by atoms with Gasteiger partial charge in [0.2, 0.25) is 0 Å². The summed E-state index contributed by atoms with van der Waals surface area (Å²) < 4.78 is 7.08. The van der Waals surface area contributed by atoms with Crippen molar-refractivity contribution in [1.82, 2.24) is 20.1 Å². The maximum absolute atomic E-state index is 13.2. The van der Waals surface area contributed by atoms with Crippen molar-refractivity contribution in [1.29, 1.82) is 0 Å². The van der Waals surface area contributed by atoms with Gasteiger partial charge < -0.3 is 15.4 Å². The van der Waals surface area contributed by atoms with Crippen LogP contribution in [0.5, 0.6) is 5.75 Å². The van der Waals surface area contributed by atoms with Gasteiger partial charge in [-0.25, -0.2) is 9.67 Å². The van der Waals surface area contributed by atoms with Crippen LogP contribution in [0.2, 0.25) is 0 Å². The number of carbonyl (C=O) groups excluding carboxylic acids is 1. The third-order valence-electron chi connectivity index (χ3n) is 6.89. The summed E-state index contributed by atoms with van der Waals surface area (Å²) in [5.41, 5.74) is 3.29. The second kappa shape index (κ2) is 8.21. The molecule has 2 N–H and O–H groups in total. The Labute approximate surface area is 182 Å². The zero-order chi connectivity index (χ0) is 21.4. The highest BCUT2D eigenvalue weighted by atomic mass is 16.5. The molecular formula is C24H29N5O2. The fourth-order valence-electron chi connectivity index (χ4n) is 5.21. The standard InChI is InChI=1S/C24H29N5O2/c1-3-29-23-19(14-27-29)22(28-21-11-16-4-7-17(21)10-16)20(13-25-23)24(30)26-12-15-5-8-18(31-2)9-6-15/h5-6,8-9,13-14,16-17,21H,3-4,7,10-12H2,1-2H3,(H,25,28)(H,26,30)/t16-,17-,21-/m1/s1. The number of pyridine rings is 1. The van der Waals surface area contributed by atoms with E-state index >= 15 is 0 Å². The van der Waals surface area contributed by atoms with Gasteiger partial charge in [0.15, 0.2) is 5.65 Å². The van der Waals surface area contributed by atoms with Crippen LogP contribution >= 0.6 is 0 Å². The first kappa shape index (κ1) is 19.8. The smallest absolute Gasteiger partial charge is 0.255 e. The van der Waals surface area contributed by atoms with Gasteiger partial charge in [0.25, 0.3) is 5.91 Å². The minimum atomic E-state index is -0.125. The Bertz CT molecular complexity index is 1090. The predicted octanol–water partition coefficient (Wildman–Crippen LogP) is 3.99. The molecule has 2 aromatic heterocycles. The van der Waals surface area contributed by atoms with Gasteiger partial charge in [-0.05, 0) is 55.7 Å². The number of rotatable bonds is 7. The summed E-state index contributed by atoms with van der Waals surface area (Å²) in [5, 5.41) is 12.2. The van der Waals surface area contributed by atoms with E-state index in [4.69, 9.17) is 4.74 Å². The number of fused-ring (bicyclic) bond motifs is 3. The van der Waals surface area contributed by atoms with Crippen LogP contribution in [-0.4, -0.2) is 33.8 Å². The van der Waals surface area contributed by atoms with E-state index in [-0.39, 0.29) is 5.91 Å². The van der Waals surface area contributed by atoms with E-state index in [1.165, 1.54) is 25.7 Å². The number of anilines is 1. The molecule has 0 unspecified atom stereocenters. The molecule has 3 aromatic rings. The molecule has 2 fully saturated rings. The molecule has 2 bridgehead atoms. The van der Waals surface area contributed by atoms with Gasteiger partial charge in [0, 0.05) is 25.3 Å². The molecule has 0 aliphatic heterocycles. The summed E-state index contributed by atoms with van der Waals surface area (Å²) in [5.74, 6) is 2.20. The van der Waals surface area contributed by atoms with Crippen LogP contribution in [-0.2, 0) is 13.1 Å². The monoisotopic (exact) mass is 419 g/mol. The second-order valence-electron chi connectivity index (χ2n) is 8.70. The minimum absolute atomic E-state index is 0.125. The van der Waals surface area contributed by atoms with Gasteiger partial charge in [-0.1, -0.05) is 18.6 Å². The van der Waals surface area contributed by atoms with Crippen LogP contribution in [0.15, 0.2) is 36.7 Å². The largest absolute Gasteiger partial charge is 0.497 e. The molecule has 2 saturated carbocycles. The van der Waals surface area contributed by atoms with Crippen molar-refractivity contribution >= 4 is 22.6 Å². The molecule has 0 saturated heterocycles. The van der Waals surface area contributed by atoms with Crippen LogP contribution < -0.4 is 15.4 Å². The molecule has 0 radical (unpaired) electrons. The first-order valence-corrected chi connectivity index (χ1v) is 11.2. The van der Waals surface area contributed by atoms with Crippen LogP contribution in [0, 0.1) is 11.8 Å². The van der Waals surface area contributed by atoms with Crippen molar-refractivity contribution in [2.75, 3.05) is 12.4 Å². The van der Waals surface area contributed by atoms with Gasteiger partial charge in [0.1, 0.15) is 5.75 Å². The number of ether oxygens (including phenoxy) is 1. The predicted molar refractivity (Wildman–Crippen MR) is 120 cm³/mol. The number of aryl methyl sites for hydroxylation is 1. The number of carbonyl (C=O) groups is 1. The van der Waals surface area contributed by atoms with Crippen molar-refractivity contribution in [3.63, 3.8) is 0 Å². The van der Waals surface area contributed by atoms with Gasteiger partial charge in [-0.15, -0.1) is 0 Å². The molecule has 7 nitrogen and oxygen atoms in total. The van der Waals surface area contributed by atoms with E-state index in [1.54, 1.807) is 13.3 Å². The van der Waals surface area contributed by atoms with E-state index in [2.05, 4.69) is 20.7 Å². The lowest BCUT2D eigenvalue weighted by Crippen LogP contribution is -2.29. The molecule has 5 rings (SSSR count). The van der Waals surface area contributed by atoms with E-state index in [0.29, 0.717) is 24.1 Å². The van der Waals surface area contributed by atoms with Crippen LogP contribution in [0.1, 0.15) is 48.5 Å². The molecule has 7 heteroatoms. The Morgan fingerprint density at radius 1 is 1.19 bits per heavy atom. The van der Waals surface area contributed by atoms with Gasteiger partial charge in [-0.3, -0.25) is 4.79 Å². The number of methoxy groups -OCH3 is 1. The fourth-order valence-corrected chi connectivity index (χ4v) is 5.21. The van der Waals surface area contributed by atoms with Crippen molar-refractivity contribution in [3.8, 4) is 5.75 Å². The van der Waals surface area contributed by atoms with Crippen LogP contribution in [0.25, 0.3) is 11.0 Å². The topological polar surface area (TPSA) is 81.1 Å². The first-order chi connectivity index (χ1) is 15.2. The van der Waals surface area contributed by atoms with Crippen molar-refractivity contribution in [2.24, 2.45) is 11.8 Å². The van der Waals surface area contributed by atoms with Gasteiger partial charge in [-0.2, -0.15) is 5.10 Å². The molecule has 3 atom stereocenters. The lowest BCUT2D eigenvalue weighted by atomic mass is 9.94. The van der Waals surface area contributed by atoms with Gasteiger partial charge in [0.05, 0.1) is 29.9 Å². The third kappa shape index (κ3) is 3.73. The minimum Gasteiger partial charge on any atom is -0.497 e. The summed E-state index contributed by atoms with van der Waals surface area (Å²) in [7, 11) is 1.64. The van der Waals surface area contributed by atoms with E-state index in [0.717, 1.165) is 40.5 Å². The molecule has 2 aliphatic rings. The Balaban J connectivity index is 1.41. The second-order valence-corrected chi connectivity index (χ2v) is 8.70. The number of hydrogen-bond acceptors (Lipinski definition) is 5. The first-order valence-electron chi connectivity index (χ1n) is 11.2. The highest BCUT2D eigenvalue weighted by molar-refractivity contribution is 6.06. The highest BCUT2D eigenvalue weighted by Gasteiger charge is 2.40. The normalized spacial score (nSPS) is 22.1. The molecule has 31 heavy (non-hydrogen) atoms. The van der Waals surface area contributed by atoms with E-state index < -0.39 is 0 Å². The Hall–Kier alpha value is -3.09. The third-order valence-corrected chi connectivity index (χ3v) is 6.89. The zero-order valence-electron chi connectivity index (χ0n) is 18.1. The maximum atomic E-state index is 13.2. The lowest BCUT2D eigenvalue weighted by molar-refractivity contribution is 0.0951. The number of aromatic nitrogens is 3. The molecule has 162 valence electrons. The quantitative estimate of drug-likeness (QED) is 0.605. The summed E-state index contributed by atoms with van der Waals surface area (Å²) in [6.45, 7) is 3.24. The van der Waals surface area contributed by atoms with Crippen molar-refractivity contribution in [3.05, 3.63) is 47.8 Å². The average molecular weight is 420 g/mol. The Kier molecular flexibility index (Phi) is 5.26. The Morgan fingerprint density at radius 3 is 2.71 bits per heavy atom. The van der Waals surface area contributed by atoms with Crippen molar-refractivity contribution in [2.45, 2.75) is 51.7 Å². The van der Waals surface area contributed by atoms with E-state index in [9.17, 15) is 4.79 Å². The molecule has 0 spiro atoms. The number of amides is 1. The van der Waals surface area contributed by atoms with Crippen LogP contribution in [0.4, 0.5) is 5.69 Å². The van der Waals surface area contributed by atoms with Crippen molar-refractivity contribution < 1.29 is 9.53 Å². The zero-order valence-corrected chi connectivity index (χ0v) is 18.1. The van der Waals surface area contributed by atoms with Crippen LogP contribution in [0.3, 0.4) is 0 Å². The summed E-state index contributed by atoms with van der Waals surface area (Å²) in [6, 6.07) is 8.13. The number of nitrogens with one attached hydrogen (secondary N) is 2. The number of hydrogen-bond donors (Lipinski definition) is 2. The summed E-state index contributed by atoms with van der Waals surface area (Å²) in [6.07, 6.45) is 8.64.